The van der Waals surface area contributed by atoms with Crippen LogP contribution in [0, 0.1) is 5.82 Å². The highest BCUT2D eigenvalue weighted by atomic mass is 32.2. The van der Waals surface area contributed by atoms with Crippen LogP contribution in [0.25, 0.3) is 10.8 Å². The molecule has 216 valence electrons. The highest BCUT2D eigenvalue weighted by molar-refractivity contribution is 7.88. The fourth-order valence-corrected chi connectivity index (χ4v) is 4.16. The van der Waals surface area contributed by atoms with Gasteiger partial charge in [-0.25, -0.2) is 14.2 Å². The summed E-state index contributed by atoms with van der Waals surface area (Å²) in [6.07, 6.45) is 0.482. The van der Waals surface area contributed by atoms with E-state index in [2.05, 4.69) is 24.9 Å². The maximum Gasteiger partial charge on any atom is 0.534 e. The Morgan fingerprint density at radius 2 is 1.82 bits per heavy atom. The van der Waals surface area contributed by atoms with E-state index in [0.717, 1.165) is 18.0 Å². The van der Waals surface area contributed by atoms with Gasteiger partial charge in [-0.05, 0) is 38.3 Å². The lowest BCUT2D eigenvalue weighted by atomic mass is 10.1. The summed E-state index contributed by atoms with van der Waals surface area (Å²) in [6.45, 7) is 5.09. The summed E-state index contributed by atoms with van der Waals surface area (Å²) in [5.41, 5.74) is -6.80. The van der Waals surface area contributed by atoms with Crippen molar-refractivity contribution < 1.29 is 44.5 Å². The van der Waals surface area contributed by atoms with Gasteiger partial charge in [0, 0.05) is 43.4 Å². The van der Waals surface area contributed by atoms with Crippen LogP contribution in [0.15, 0.2) is 24.4 Å². The summed E-state index contributed by atoms with van der Waals surface area (Å²) in [7, 11) is -4.57. The second kappa shape index (κ2) is 10.1. The molecule has 4 rings (SSSR count). The van der Waals surface area contributed by atoms with Gasteiger partial charge in [0.05, 0.1) is 5.69 Å². The van der Waals surface area contributed by atoms with Crippen molar-refractivity contribution in [3.8, 4) is 5.75 Å². The van der Waals surface area contributed by atoms with E-state index >= 15 is 4.39 Å². The van der Waals surface area contributed by atoms with Crippen LogP contribution < -0.4 is 14.8 Å². The number of aromatic nitrogens is 3. The van der Waals surface area contributed by atoms with E-state index in [1.54, 1.807) is 18.0 Å². The largest absolute Gasteiger partial charge is 0.534 e. The first-order valence-corrected chi connectivity index (χ1v) is 13.0. The van der Waals surface area contributed by atoms with Gasteiger partial charge < -0.3 is 19.1 Å². The minimum atomic E-state index is -6.25. The molecule has 0 saturated carbocycles. The minimum absolute atomic E-state index is 0.0199. The third kappa shape index (κ3) is 6.19. The Bertz CT molecular complexity index is 1600. The second-order valence-corrected chi connectivity index (χ2v) is 11.4. The molecule has 0 atom stereocenters. The van der Waals surface area contributed by atoms with Gasteiger partial charge in [-0.15, -0.1) is 0 Å². The van der Waals surface area contributed by atoms with Gasteiger partial charge in [0.15, 0.2) is 17.4 Å². The van der Waals surface area contributed by atoms with E-state index in [4.69, 9.17) is 4.74 Å². The molecule has 0 spiro atoms. The Morgan fingerprint density at radius 3 is 2.48 bits per heavy atom. The first-order valence-electron chi connectivity index (χ1n) is 11.6. The molecule has 2 N–H and O–H groups in total. The zero-order chi connectivity index (χ0) is 29.6. The number of hydrogen-bond donors (Lipinski definition) is 2. The van der Waals surface area contributed by atoms with Crippen LogP contribution in [0.1, 0.15) is 26.5 Å². The van der Waals surface area contributed by atoms with Gasteiger partial charge in [-0.1, -0.05) is 0 Å². The molecule has 0 bridgehead atoms. The molecular formula is C23H24F4N6O6S. The van der Waals surface area contributed by atoms with Crippen LogP contribution in [0.5, 0.6) is 5.75 Å². The number of halogens is 4. The number of nitrogens with zero attached hydrogens (tertiary/aromatic N) is 4. The molecule has 3 aromatic rings. The molecule has 3 heterocycles. The van der Waals surface area contributed by atoms with E-state index in [0.29, 0.717) is 18.8 Å². The number of anilines is 3. The Balaban J connectivity index is 1.74. The van der Waals surface area contributed by atoms with Crippen molar-refractivity contribution >= 4 is 50.2 Å². The lowest BCUT2D eigenvalue weighted by Gasteiger charge is -2.21. The number of alkyl halides is 3. The minimum Gasteiger partial charge on any atom is -0.444 e. The van der Waals surface area contributed by atoms with Crippen molar-refractivity contribution in [1.29, 1.82) is 0 Å². The number of hydrogen-bond acceptors (Lipinski definition) is 9. The van der Waals surface area contributed by atoms with E-state index < -0.39 is 44.6 Å². The summed E-state index contributed by atoms with van der Waals surface area (Å²) >= 11 is 0. The van der Waals surface area contributed by atoms with Gasteiger partial charge in [0.1, 0.15) is 18.0 Å². The SMILES string of the molecule is CN1CCc2cc(Nc3cc4cc(OS(=O)(=O)C(F)(F)F)c(F)c(NC(=O)OC(C)(C)C)c4cn3)nn2CC1=O. The molecule has 12 nitrogen and oxygen atoms in total. The Hall–Kier alpha value is -4.15. The second-order valence-electron chi connectivity index (χ2n) is 9.83. The molecule has 0 aliphatic carbocycles. The van der Waals surface area contributed by atoms with Crippen molar-refractivity contribution in [3.05, 3.63) is 35.9 Å². The molecule has 2 amide bonds. The van der Waals surface area contributed by atoms with Crippen molar-refractivity contribution in [2.24, 2.45) is 0 Å². The molecule has 0 radical (unpaired) electrons. The summed E-state index contributed by atoms with van der Waals surface area (Å²) in [4.78, 5) is 30.2. The third-order valence-corrected chi connectivity index (χ3v) is 6.54. The molecule has 2 aromatic heterocycles. The Morgan fingerprint density at radius 1 is 1.12 bits per heavy atom. The highest BCUT2D eigenvalue weighted by Gasteiger charge is 2.49. The standard InChI is InChI=1S/C23H24F4N6O6S/c1-22(2,3)38-21(35)30-20-14-10-28-16(29-17-9-13-5-6-32(4)18(34)11-33(13)31-17)8-12(14)7-15(19(20)24)39-40(36,37)23(25,26)27/h7-10H,5-6,11H2,1-4H3,(H,30,35)(H,28,29,31). The predicted octanol–water partition coefficient (Wildman–Crippen LogP) is 3.90. The van der Waals surface area contributed by atoms with Crippen molar-refractivity contribution in [2.45, 2.75) is 44.8 Å². The van der Waals surface area contributed by atoms with Crippen molar-refractivity contribution in [3.63, 3.8) is 0 Å². The van der Waals surface area contributed by atoms with Gasteiger partial charge in [0.2, 0.25) is 5.91 Å². The first-order chi connectivity index (χ1) is 18.4. The van der Waals surface area contributed by atoms with Crippen LogP contribution >= 0.6 is 0 Å². The van der Waals surface area contributed by atoms with Crippen LogP contribution in [-0.2, 0) is 32.6 Å². The number of likely N-dealkylation sites (N-methyl/N-ethyl adjacent to an activating group) is 1. The Kier molecular flexibility index (Phi) is 7.29. The van der Waals surface area contributed by atoms with Crippen molar-refractivity contribution in [1.82, 2.24) is 19.7 Å². The lowest BCUT2D eigenvalue weighted by molar-refractivity contribution is -0.130. The van der Waals surface area contributed by atoms with Crippen LogP contribution in [0.3, 0.4) is 0 Å². The summed E-state index contributed by atoms with van der Waals surface area (Å²) in [5.74, 6) is -2.66. The summed E-state index contributed by atoms with van der Waals surface area (Å²) in [5, 5.41) is 9.15. The molecule has 1 aliphatic heterocycles. The number of fused-ring (bicyclic) bond motifs is 2. The first kappa shape index (κ1) is 28.8. The van der Waals surface area contributed by atoms with Gasteiger partial charge in [-0.3, -0.25) is 14.8 Å². The molecule has 0 saturated heterocycles. The summed E-state index contributed by atoms with van der Waals surface area (Å²) < 4.78 is 88.0. The molecule has 0 fully saturated rings. The molecule has 0 unspecified atom stereocenters. The quantitative estimate of drug-likeness (QED) is 0.258. The fraction of sp³-hybridized carbons (Fsp3) is 0.391. The normalized spacial score (nSPS) is 14.5. The van der Waals surface area contributed by atoms with E-state index in [1.807, 2.05) is 0 Å². The molecule has 40 heavy (non-hydrogen) atoms. The number of ether oxygens (including phenoxy) is 1. The smallest absolute Gasteiger partial charge is 0.444 e. The van der Waals surface area contributed by atoms with Crippen LogP contribution in [0.2, 0.25) is 0 Å². The fourth-order valence-electron chi connectivity index (χ4n) is 3.71. The topological polar surface area (TPSA) is 145 Å². The number of nitrogens with one attached hydrogen (secondary N) is 2. The number of carbonyl (C=O) groups excluding carboxylic acids is 2. The monoisotopic (exact) mass is 588 g/mol. The third-order valence-electron chi connectivity index (χ3n) is 5.57. The van der Waals surface area contributed by atoms with Crippen molar-refractivity contribution in [2.75, 3.05) is 24.2 Å². The summed E-state index contributed by atoms with van der Waals surface area (Å²) in [6, 6.07) is 3.66. The molecule has 17 heteroatoms. The molecule has 1 aliphatic rings. The Labute approximate surface area is 225 Å². The molecule has 1 aromatic carbocycles. The van der Waals surface area contributed by atoms with Gasteiger partial charge >= 0.3 is 21.7 Å². The average molecular weight is 589 g/mol. The zero-order valence-electron chi connectivity index (χ0n) is 21.6. The maximum absolute atomic E-state index is 15.3. The van der Waals surface area contributed by atoms with E-state index in [1.165, 1.54) is 31.5 Å². The van der Waals surface area contributed by atoms with Gasteiger partial charge in [-0.2, -0.15) is 26.7 Å². The predicted molar refractivity (Wildman–Crippen MR) is 134 cm³/mol. The highest BCUT2D eigenvalue weighted by Crippen LogP contribution is 2.37. The van der Waals surface area contributed by atoms with E-state index in [-0.39, 0.29) is 29.0 Å². The van der Waals surface area contributed by atoms with E-state index in [9.17, 15) is 31.2 Å². The lowest BCUT2D eigenvalue weighted by Crippen LogP contribution is -2.29. The van der Waals surface area contributed by atoms with Crippen LogP contribution in [-0.4, -0.2) is 64.8 Å². The number of pyridine rings is 1. The average Bonchev–Trinajstić information content (AvgIpc) is 3.12. The maximum atomic E-state index is 15.3. The zero-order valence-corrected chi connectivity index (χ0v) is 22.4. The van der Waals surface area contributed by atoms with Gasteiger partial charge in [0.25, 0.3) is 0 Å². The number of benzene rings is 1. The number of carbonyl (C=O) groups is 2. The molecular weight excluding hydrogens is 564 g/mol. The van der Waals surface area contributed by atoms with Crippen LogP contribution in [0.4, 0.5) is 39.7 Å². The number of rotatable bonds is 5. The number of amides is 2.